The van der Waals surface area contributed by atoms with E-state index in [1.165, 1.54) is 0 Å². The van der Waals surface area contributed by atoms with Crippen molar-refractivity contribution in [1.82, 2.24) is 4.90 Å². The van der Waals surface area contributed by atoms with Crippen molar-refractivity contribution in [1.29, 1.82) is 0 Å². The molecule has 0 aromatic heterocycles. The maximum Gasteiger partial charge on any atom is 0.235 e. The zero-order chi connectivity index (χ0) is 13.9. The maximum atomic E-state index is 12.8. The van der Waals surface area contributed by atoms with Crippen LogP contribution in [0.1, 0.15) is 53.4 Å². The van der Waals surface area contributed by atoms with Gasteiger partial charge < -0.3 is 10.6 Å². The molecule has 1 aliphatic rings. The number of carbonyl (C=O) groups excluding carboxylic acids is 1. The fourth-order valence-corrected chi connectivity index (χ4v) is 3.37. The minimum atomic E-state index is -0.635. The Morgan fingerprint density at radius 1 is 1.39 bits per heavy atom. The van der Waals surface area contributed by atoms with E-state index in [0.717, 1.165) is 19.4 Å². The van der Waals surface area contributed by atoms with E-state index in [-0.39, 0.29) is 5.91 Å². The standard InChI is InChI=1S/C14H26N2OS/c1-5-14(6-2,12(15)18)13(17)16-8-7-10(3)9-11(16)4/h10-11H,5-9H2,1-4H3,(H2,15,18). The van der Waals surface area contributed by atoms with Gasteiger partial charge in [0.15, 0.2) is 0 Å². The lowest BCUT2D eigenvalue weighted by atomic mass is 9.79. The molecule has 104 valence electrons. The highest BCUT2D eigenvalue weighted by molar-refractivity contribution is 7.80. The van der Waals surface area contributed by atoms with Gasteiger partial charge in [0.25, 0.3) is 0 Å². The summed E-state index contributed by atoms with van der Waals surface area (Å²) in [5.74, 6) is 0.839. The number of nitrogens with two attached hydrogens (primary N) is 1. The third kappa shape index (κ3) is 2.68. The third-order valence-electron chi connectivity index (χ3n) is 4.49. The Hall–Kier alpha value is -0.640. The van der Waals surface area contributed by atoms with Crippen molar-refractivity contribution >= 4 is 23.1 Å². The molecule has 0 spiro atoms. The van der Waals surface area contributed by atoms with Crippen LogP contribution in [0.15, 0.2) is 0 Å². The minimum Gasteiger partial charge on any atom is -0.392 e. The summed E-state index contributed by atoms with van der Waals surface area (Å²) in [7, 11) is 0. The number of amides is 1. The third-order valence-corrected chi connectivity index (χ3v) is 4.88. The number of rotatable bonds is 4. The number of carbonyl (C=O) groups is 1. The van der Waals surface area contributed by atoms with E-state index in [4.69, 9.17) is 18.0 Å². The van der Waals surface area contributed by atoms with Gasteiger partial charge in [-0.1, -0.05) is 33.0 Å². The van der Waals surface area contributed by atoms with Gasteiger partial charge >= 0.3 is 0 Å². The second-order valence-corrected chi connectivity index (χ2v) is 6.07. The molecule has 2 N–H and O–H groups in total. The van der Waals surface area contributed by atoms with E-state index in [1.54, 1.807) is 0 Å². The Balaban J connectivity index is 2.94. The fourth-order valence-electron chi connectivity index (χ4n) is 2.99. The van der Waals surface area contributed by atoms with Gasteiger partial charge in [0, 0.05) is 12.6 Å². The highest BCUT2D eigenvalue weighted by atomic mass is 32.1. The monoisotopic (exact) mass is 270 g/mol. The molecule has 1 saturated heterocycles. The average Bonchev–Trinajstić information content (AvgIpc) is 2.30. The molecule has 3 nitrogen and oxygen atoms in total. The van der Waals surface area contributed by atoms with Crippen LogP contribution >= 0.6 is 12.2 Å². The predicted octanol–water partition coefficient (Wildman–Crippen LogP) is 2.73. The first-order valence-electron chi connectivity index (χ1n) is 7.00. The van der Waals surface area contributed by atoms with Crippen LogP contribution in [0.2, 0.25) is 0 Å². The molecule has 1 heterocycles. The zero-order valence-electron chi connectivity index (χ0n) is 12.0. The number of piperidine rings is 1. The molecular weight excluding hydrogens is 244 g/mol. The highest BCUT2D eigenvalue weighted by Crippen LogP contribution is 2.33. The Bertz CT molecular complexity index is 326. The summed E-state index contributed by atoms with van der Waals surface area (Å²) in [5, 5.41) is 0. The molecule has 1 aliphatic heterocycles. The molecule has 1 rings (SSSR count). The fraction of sp³-hybridized carbons (Fsp3) is 0.857. The Morgan fingerprint density at radius 2 is 1.94 bits per heavy atom. The van der Waals surface area contributed by atoms with Crippen molar-refractivity contribution < 1.29 is 4.79 Å². The topological polar surface area (TPSA) is 46.3 Å². The lowest BCUT2D eigenvalue weighted by Gasteiger charge is -2.42. The summed E-state index contributed by atoms with van der Waals surface area (Å²) >= 11 is 5.17. The van der Waals surface area contributed by atoms with E-state index < -0.39 is 5.41 Å². The Labute approximate surface area is 116 Å². The Kier molecular flexibility index (Phi) is 5.14. The van der Waals surface area contributed by atoms with Gasteiger partial charge in [-0.05, 0) is 38.5 Å². The van der Waals surface area contributed by atoms with Crippen LogP contribution in [0.25, 0.3) is 0 Å². The maximum absolute atomic E-state index is 12.8. The first-order chi connectivity index (χ1) is 8.39. The summed E-state index contributed by atoms with van der Waals surface area (Å²) in [5.41, 5.74) is 5.22. The van der Waals surface area contributed by atoms with Crippen LogP contribution in [-0.2, 0) is 4.79 Å². The van der Waals surface area contributed by atoms with Crippen molar-refractivity contribution in [2.24, 2.45) is 17.1 Å². The van der Waals surface area contributed by atoms with Crippen molar-refractivity contribution in [3.63, 3.8) is 0 Å². The first kappa shape index (κ1) is 15.4. The van der Waals surface area contributed by atoms with Crippen molar-refractivity contribution in [2.45, 2.75) is 59.4 Å². The molecule has 1 fully saturated rings. The molecule has 0 aromatic carbocycles. The van der Waals surface area contributed by atoms with Crippen molar-refractivity contribution in [2.75, 3.05) is 6.54 Å². The first-order valence-corrected chi connectivity index (χ1v) is 7.40. The van der Waals surface area contributed by atoms with Gasteiger partial charge in [-0.15, -0.1) is 0 Å². The van der Waals surface area contributed by atoms with Gasteiger partial charge in [0.2, 0.25) is 5.91 Å². The predicted molar refractivity (Wildman–Crippen MR) is 79.4 cm³/mol. The second-order valence-electron chi connectivity index (χ2n) is 5.63. The molecule has 4 heteroatoms. The molecule has 1 amide bonds. The number of nitrogens with zero attached hydrogens (tertiary/aromatic N) is 1. The summed E-state index contributed by atoms with van der Waals surface area (Å²) in [6.45, 7) is 9.21. The number of hydrogen-bond donors (Lipinski definition) is 1. The van der Waals surface area contributed by atoms with E-state index in [9.17, 15) is 4.79 Å². The molecule has 2 unspecified atom stereocenters. The quantitative estimate of drug-likeness (QED) is 0.799. The van der Waals surface area contributed by atoms with E-state index in [0.29, 0.717) is 29.8 Å². The molecular formula is C14H26N2OS. The van der Waals surface area contributed by atoms with Crippen LogP contribution in [0.3, 0.4) is 0 Å². The molecule has 0 aliphatic carbocycles. The minimum absolute atomic E-state index is 0.138. The summed E-state index contributed by atoms with van der Waals surface area (Å²) < 4.78 is 0. The number of likely N-dealkylation sites (tertiary alicyclic amines) is 1. The van der Waals surface area contributed by atoms with Gasteiger partial charge in [-0.25, -0.2) is 0 Å². The molecule has 0 bridgehead atoms. The highest BCUT2D eigenvalue weighted by Gasteiger charge is 2.43. The van der Waals surface area contributed by atoms with Crippen LogP contribution in [0, 0.1) is 11.3 Å². The normalized spacial score (nSPS) is 25.0. The van der Waals surface area contributed by atoms with Gasteiger partial charge in [-0.2, -0.15) is 0 Å². The summed E-state index contributed by atoms with van der Waals surface area (Å²) in [6.07, 6.45) is 3.54. The largest absolute Gasteiger partial charge is 0.392 e. The van der Waals surface area contributed by atoms with Gasteiger partial charge in [-0.3, -0.25) is 4.79 Å². The lowest BCUT2D eigenvalue weighted by Crippen LogP contribution is -2.54. The summed E-state index contributed by atoms with van der Waals surface area (Å²) in [4.78, 5) is 15.1. The smallest absolute Gasteiger partial charge is 0.235 e. The molecule has 2 atom stereocenters. The average molecular weight is 270 g/mol. The molecule has 0 aromatic rings. The summed E-state index contributed by atoms with van der Waals surface area (Å²) in [6, 6.07) is 0.299. The van der Waals surface area contributed by atoms with Gasteiger partial charge in [0.05, 0.1) is 10.4 Å². The van der Waals surface area contributed by atoms with Crippen molar-refractivity contribution in [3.05, 3.63) is 0 Å². The van der Waals surface area contributed by atoms with Crippen LogP contribution in [0.5, 0.6) is 0 Å². The van der Waals surface area contributed by atoms with Crippen LogP contribution in [-0.4, -0.2) is 28.4 Å². The zero-order valence-corrected chi connectivity index (χ0v) is 12.8. The number of thiocarbonyl (C=S) groups is 1. The van der Waals surface area contributed by atoms with Crippen LogP contribution in [0.4, 0.5) is 0 Å². The van der Waals surface area contributed by atoms with Gasteiger partial charge in [0.1, 0.15) is 0 Å². The number of hydrogen-bond acceptors (Lipinski definition) is 2. The van der Waals surface area contributed by atoms with Crippen LogP contribution < -0.4 is 5.73 Å². The molecule has 18 heavy (non-hydrogen) atoms. The van der Waals surface area contributed by atoms with E-state index >= 15 is 0 Å². The second kappa shape index (κ2) is 6.00. The Morgan fingerprint density at radius 3 is 2.33 bits per heavy atom. The lowest BCUT2D eigenvalue weighted by molar-refractivity contribution is -0.142. The van der Waals surface area contributed by atoms with E-state index in [1.807, 2.05) is 18.7 Å². The molecule has 0 saturated carbocycles. The SMILES string of the molecule is CCC(CC)(C(=O)N1CCC(C)CC1C)C(N)=S. The van der Waals surface area contributed by atoms with Crippen molar-refractivity contribution in [3.8, 4) is 0 Å². The van der Waals surface area contributed by atoms with E-state index in [2.05, 4.69) is 13.8 Å². The molecule has 0 radical (unpaired) electrons.